The van der Waals surface area contributed by atoms with E-state index in [0.29, 0.717) is 17.1 Å². The van der Waals surface area contributed by atoms with Crippen molar-refractivity contribution >= 4 is 44.3 Å². The lowest BCUT2D eigenvalue weighted by molar-refractivity contribution is 0.0998. The first-order chi connectivity index (χ1) is 10.0. The summed E-state index contributed by atoms with van der Waals surface area (Å²) in [5, 5.41) is 3.50. The van der Waals surface area contributed by atoms with Crippen molar-refractivity contribution in [2.45, 2.75) is 6.92 Å². The molecule has 2 aromatic heterocycles. The number of nitrogen functional groups attached to an aromatic ring is 1. The Kier molecular flexibility index (Phi) is 3.39. The molecule has 0 aliphatic carbocycles. The van der Waals surface area contributed by atoms with Gasteiger partial charge in [0.2, 0.25) is 0 Å². The molecule has 1 aromatic carbocycles. The monoisotopic (exact) mass is 345 g/mol. The minimum absolute atomic E-state index is 0.220. The zero-order valence-electron chi connectivity index (χ0n) is 11.2. The number of nitrogens with zero attached hydrogens (tertiary/aromatic N) is 1. The third-order valence-electron chi connectivity index (χ3n) is 3.05. The standard InChI is InChI=1S/C15H12BrN3O2/c1-8-4-14(18-7-11(8)16)19-15(20)13-6-9-5-10(17)2-3-12(9)21-13/h2-7H,17H2,1H3,(H,18,19,20). The second kappa shape index (κ2) is 5.21. The number of hydrogen-bond donors (Lipinski definition) is 2. The zero-order valence-corrected chi connectivity index (χ0v) is 12.8. The molecule has 0 unspecified atom stereocenters. The molecule has 0 saturated heterocycles. The number of benzene rings is 1. The van der Waals surface area contributed by atoms with Gasteiger partial charge in [0.25, 0.3) is 5.91 Å². The molecule has 0 saturated carbocycles. The van der Waals surface area contributed by atoms with Crippen LogP contribution in [0.1, 0.15) is 16.1 Å². The molecule has 3 aromatic rings. The van der Waals surface area contributed by atoms with Gasteiger partial charge in [-0.3, -0.25) is 4.79 Å². The summed E-state index contributed by atoms with van der Waals surface area (Å²) in [6.45, 7) is 1.92. The number of anilines is 2. The van der Waals surface area contributed by atoms with Crippen molar-refractivity contribution in [3.05, 3.63) is 52.3 Å². The number of aromatic nitrogens is 1. The van der Waals surface area contributed by atoms with E-state index in [1.165, 1.54) is 0 Å². The highest BCUT2D eigenvalue weighted by molar-refractivity contribution is 9.10. The summed E-state index contributed by atoms with van der Waals surface area (Å²) in [7, 11) is 0. The van der Waals surface area contributed by atoms with E-state index in [0.717, 1.165) is 15.4 Å². The van der Waals surface area contributed by atoms with Crippen molar-refractivity contribution < 1.29 is 9.21 Å². The van der Waals surface area contributed by atoms with Crippen molar-refractivity contribution in [2.75, 3.05) is 11.1 Å². The minimum Gasteiger partial charge on any atom is -0.451 e. The zero-order chi connectivity index (χ0) is 15.0. The predicted molar refractivity (Wildman–Crippen MR) is 85.3 cm³/mol. The minimum atomic E-state index is -0.348. The molecule has 3 N–H and O–H groups in total. The van der Waals surface area contributed by atoms with Crippen molar-refractivity contribution in [3.63, 3.8) is 0 Å². The molecule has 0 atom stereocenters. The van der Waals surface area contributed by atoms with Gasteiger partial charge in [-0.05, 0) is 58.7 Å². The molecule has 0 aliphatic rings. The highest BCUT2D eigenvalue weighted by Crippen LogP contribution is 2.23. The number of nitrogens with one attached hydrogen (secondary N) is 1. The SMILES string of the molecule is Cc1cc(NC(=O)c2cc3cc(N)ccc3o2)ncc1Br. The molecule has 0 fully saturated rings. The second-order valence-corrected chi connectivity index (χ2v) is 5.54. The number of pyridine rings is 1. The molecule has 5 nitrogen and oxygen atoms in total. The third-order valence-corrected chi connectivity index (χ3v) is 3.88. The van der Waals surface area contributed by atoms with Gasteiger partial charge in [0.15, 0.2) is 5.76 Å². The van der Waals surface area contributed by atoms with E-state index in [1.807, 2.05) is 6.92 Å². The maximum Gasteiger partial charge on any atom is 0.292 e. The molecule has 2 heterocycles. The van der Waals surface area contributed by atoms with Gasteiger partial charge >= 0.3 is 0 Å². The van der Waals surface area contributed by atoms with Crippen LogP contribution in [0.4, 0.5) is 11.5 Å². The first kappa shape index (κ1) is 13.6. The van der Waals surface area contributed by atoms with Gasteiger partial charge < -0.3 is 15.5 Å². The summed E-state index contributed by atoms with van der Waals surface area (Å²) in [4.78, 5) is 16.3. The number of rotatable bonds is 2. The van der Waals surface area contributed by atoms with Gasteiger partial charge in [-0.2, -0.15) is 0 Å². The van der Waals surface area contributed by atoms with Gasteiger partial charge in [0.05, 0.1) is 0 Å². The number of furan rings is 1. The van der Waals surface area contributed by atoms with Crippen LogP contribution in [-0.4, -0.2) is 10.9 Å². The van der Waals surface area contributed by atoms with E-state index in [1.54, 1.807) is 36.5 Å². The van der Waals surface area contributed by atoms with Crippen LogP contribution < -0.4 is 11.1 Å². The van der Waals surface area contributed by atoms with Crippen molar-refractivity contribution in [1.82, 2.24) is 4.98 Å². The number of amides is 1. The normalized spacial score (nSPS) is 10.8. The Bertz CT molecular complexity index is 842. The van der Waals surface area contributed by atoms with Crippen molar-refractivity contribution in [2.24, 2.45) is 0 Å². The number of aryl methyl sites for hydroxylation is 1. The largest absolute Gasteiger partial charge is 0.451 e. The van der Waals surface area contributed by atoms with Crippen LogP contribution in [0.3, 0.4) is 0 Å². The fourth-order valence-electron chi connectivity index (χ4n) is 1.96. The van der Waals surface area contributed by atoms with Crippen LogP contribution in [0, 0.1) is 6.92 Å². The molecular formula is C15H12BrN3O2. The molecule has 0 spiro atoms. The summed E-state index contributed by atoms with van der Waals surface area (Å²) >= 11 is 3.36. The molecule has 0 bridgehead atoms. The predicted octanol–water partition coefficient (Wildman–Crippen LogP) is 3.73. The molecule has 1 amide bonds. The van der Waals surface area contributed by atoms with E-state index in [9.17, 15) is 4.79 Å². The van der Waals surface area contributed by atoms with E-state index in [2.05, 4.69) is 26.2 Å². The number of hydrogen-bond acceptors (Lipinski definition) is 4. The average Bonchev–Trinajstić information content (AvgIpc) is 2.86. The Morgan fingerprint density at radius 3 is 2.90 bits per heavy atom. The fraction of sp³-hybridized carbons (Fsp3) is 0.0667. The van der Waals surface area contributed by atoms with Crippen LogP contribution in [0.2, 0.25) is 0 Å². The Hall–Kier alpha value is -2.34. The van der Waals surface area contributed by atoms with Crippen LogP contribution in [0.25, 0.3) is 11.0 Å². The van der Waals surface area contributed by atoms with Crippen LogP contribution >= 0.6 is 15.9 Å². The van der Waals surface area contributed by atoms with E-state index >= 15 is 0 Å². The highest BCUT2D eigenvalue weighted by atomic mass is 79.9. The number of halogens is 1. The van der Waals surface area contributed by atoms with E-state index < -0.39 is 0 Å². The summed E-state index contributed by atoms with van der Waals surface area (Å²) in [6.07, 6.45) is 1.64. The molecule has 106 valence electrons. The van der Waals surface area contributed by atoms with Crippen LogP contribution in [0.15, 0.2) is 45.4 Å². The first-order valence-electron chi connectivity index (χ1n) is 6.25. The smallest absolute Gasteiger partial charge is 0.292 e. The Labute approximate surface area is 129 Å². The van der Waals surface area contributed by atoms with E-state index in [-0.39, 0.29) is 11.7 Å². The molecule has 3 rings (SSSR count). The summed E-state index contributed by atoms with van der Waals surface area (Å²) in [5.41, 5.74) is 7.94. The molecule has 6 heteroatoms. The highest BCUT2D eigenvalue weighted by Gasteiger charge is 2.13. The fourth-order valence-corrected chi connectivity index (χ4v) is 2.18. The topological polar surface area (TPSA) is 81.2 Å². The van der Waals surface area contributed by atoms with Crippen molar-refractivity contribution in [3.8, 4) is 0 Å². The van der Waals surface area contributed by atoms with Gasteiger partial charge in [-0.15, -0.1) is 0 Å². The van der Waals surface area contributed by atoms with Gasteiger partial charge in [0.1, 0.15) is 11.4 Å². The number of carbonyl (C=O) groups excluding carboxylic acids is 1. The lowest BCUT2D eigenvalue weighted by Crippen LogP contribution is -2.12. The van der Waals surface area contributed by atoms with Crippen molar-refractivity contribution in [1.29, 1.82) is 0 Å². The second-order valence-electron chi connectivity index (χ2n) is 4.68. The van der Waals surface area contributed by atoms with Crippen LogP contribution in [-0.2, 0) is 0 Å². The van der Waals surface area contributed by atoms with Gasteiger partial charge in [0, 0.05) is 21.7 Å². The number of nitrogens with two attached hydrogens (primary N) is 1. The average molecular weight is 346 g/mol. The molecule has 21 heavy (non-hydrogen) atoms. The lowest BCUT2D eigenvalue weighted by atomic mass is 10.2. The van der Waals surface area contributed by atoms with Gasteiger partial charge in [-0.1, -0.05) is 0 Å². The quantitative estimate of drug-likeness (QED) is 0.693. The third kappa shape index (κ3) is 2.75. The summed E-state index contributed by atoms with van der Waals surface area (Å²) < 4.78 is 6.39. The molecule has 0 aliphatic heterocycles. The number of fused-ring (bicyclic) bond motifs is 1. The summed E-state index contributed by atoms with van der Waals surface area (Å²) in [6, 6.07) is 8.67. The maximum absolute atomic E-state index is 12.2. The Morgan fingerprint density at radius 2 is 2.14 bits per heavy atom. The first-order valence-corrected chi connectivity index (χ1v) is 7.05. The number of carbonyl (C=O) groups is 1. The maximum atomic E-state index is 12.2. The Morgan fingerprint density at radius 1 is 1.33 bits per heavy atom. The Balaban J connectivity index is 1.87. The summed E-state index contributed by atoms with van der Waals surface area (Å²) in [5.74, 6) is 0.345. The lowest BCUT2D eigenvalue weighted by Gasteiger charge is -2.04. The van der Waals surface area contributed by atoms with Crippen LogP contribution in [0.5, 0.6) is 0 Å². The van der Waals surface area contributed by atoms with Gasteiger partial charge in [-0.25, -0.2) is 4.98 Å². The molecular weight excluding hydrogens is 334 g/mol. The van der Waals surface area contributed by atoms with E-state index in [4.69, 9.17) is 10.2 Å². The molecule has 0 radical (unpaired) electrons.